The summed E-state index contributed by atoms with van der Waals surface area (Å²) in [6.07, 6.45) is 0. The van der Waals surface area contributed by atoms with Crippen LogP contribution in [0.3, 0.4) is 0 Å². The van der Waals surface area contributed by atoms with E-state index in [0.29, 0.717) is 0 Å². The lowest BCUT2D eigenvalue weighted by Gasteiger charge is -2.18. The number of benzene rings is 1. The third-order valence-electron chi connectivity index (χ3n) is 2.86. The Labute approximate surface area is 116 Å². The predicted molar refractivity (Wildman–Crippen MR) is 76.2 cm³/mol. The van der Waals surface area contributed by atoms with Gasteiger partial charge in [-0.05, 0) is 41.6 Å². The van der Waals surface area contributed by atoms with E-state index in [2.05, 4.69) is 5.43 Å². The first-order chi connectivity index (χ1) is 8.67. The van der Waals surface area contributed by atoms with Crippen molar-refractivity contribution in [1.82, 2.24) is 5.43 Å². The van der Waals surface area contributed by atoms with E-state index in [1.165, 1.54) is 0 Å². The molecule has 18 heavy (non-hydrogen) atoms. The van der Waals surface area contributed by atoms with Gasteiger partial charge in [-0.15, -0.1) is 11.3 Å². The van der Waals surface area contributed by atoms with Crippen LogP contribution >= 0.6 is 22.9 Å². The van der Waals surface area contributed by atoms with Gasteiger partial charge in [0.2, 0.25) is 0 Å². The van der Waals surface area contributed by atoms with E-state index in [1.807, 2.05) is 36.6 Å². The highest BCUT2D eigenvalue weighted by Crippen LogP contribution is 2.34. The van der Waals surface area contributed by atoms with Gasteiger partial charge in [0.15, 0.2) is 0 Å². The zero-order valence-electron chi connectivity index (χ0n) is 10.2. The second-order valence-electron chi connectivity index (χ2n) is 3.95. The molecule has 0 aliphatic rings. The number of hydrazine groups is 1. The Morgan fingerprint density at radius 3 is 2.67 bits per heavy atom. The average molecular weight is 283 g/mol. The van der Waals surface area contributed by atoms with Gasteiger partial charge >= 0.3 is 0 Å². The molecule has 0 spiro atoms. The van der Waals surface area contributed by atoms with Crippen molar-refractivity contribution in [2.45, 2.75) is 13.0 Å². The molecule has 0 radical (unpaired) electrons. The Morgan fingerprint density at radius 1 is 1.39 bits per heavy atom. The number of hydrogen-bond donors (Lipinski definition) is 2. The van der Waals surface area contributed by atoms with Crippen molar-refractivity contribution in [3.05, 3.63) is 50.7 Å². The summed E-state index contributed by atoms with van der Waals surface area (Å²) in [5.41, 5.74) is 5.04. The fourth-order valence-corrected chi connectivity index (χ4v) is 3.16. The normalized spacial score (nSPS) is 12.4. The summed E-state index contributed by atoms with van der Waals surface area (Å²) in [5.74, 6) is 6.51. The molecule has 0 saturated heterocycles. The van der Waals surface area contributed by atoms with Crippen LogP contribution < -0.4 is 16.0 Å². The van der Waals surface area contributed by atoms with Gasteiger partial charge in [0.05, 0.1) is 18.2 Å². The zero-order chi connectivity index (χ0) is 13.1. The molecule has 0 aliphatic heterocycles. The summed E-state index contributed by atoms with van der Waals surface area (Å²) in [4.78, 5) is 1.02. The predicted octanol–water partition coefficient (Wildman–Crippen LogP) is 3.27. The highest BCUT2D eigenvalue weighted by atomic mass is 35.5. The van der Waals surface area contributed by atoms with E-state index in [-0.39, 0.29) is 6.04 Å². The Bertz CT molecular complexity index is 542. The lowest BCUT2D eigenvalue weighted by atomic mass is 10.00. The van der Waals surface area contributed by atoms with Gasteiger partial charge in [-0.3, -0.25) is 5.84 Å². The summed E-state index contributed by atoms with van der Waals surface area (Å²) in [6.45, 7) is 2.03. The van der Waals surface area contributed by atoms with Crippen molar-refractivity contribution in [1.29, 1.82) is 0 Å². The zero-order valence-corrected chi connectivity index (χ0v) is 11.8. The van der Waals surface area contributed by atoms with Gasteiger partial charge in [0.25, 0.3) is 0 Å². The molecule has 1 unspecified atom stereocenters. The van der Waals surface area contributed by atoms with Crippen molar-refractivity contribution in [3.63, 3.8) is 0 Å². The molecule has 1 aromatic heterocycles. The fraction of sp³-hybridized carbons (Fsp3) is 0.231. The highest BCUT2D eigenvalue weighted by molar-refractivity contribution is 7.10. The quantitative estimate of drug-likeness (QED) is 0.668. The molecule has 0 saturated carbocycles. The number of halogens is 1. The third-order valence-corrected chi connectivity index (χ3v) is 4.28. The van der Waals surface area contributed by atoms with Crippen LogP contribution in [0.5, 0.6) is 5.75 Å². The van der Waals surface area contributed by atoms with E-state index >= 15 is 0 Å². The maximum Gasteiger partial charge on any atom is 0.119 e. The summed E-state index contributed by atoms with van der Waals surface area (Å²) >= 11 is 7.75. The number of aryl methyl sites for hydroxylation is 1. The Balaban J connectivity index is 2.42. The molecule has 0 fully saturated rings. The molecule has 1 heterocycles. The summed E-state index contributed by atoms with van der Waals surface area (Å²) in [6, 6.07) is 7.71. The van der Waals surface area contributed by atoms with Crippen LogP contribution in [0.1, 0.15) is 22.0 Å². The molecule has 0 aliphatic carbocycles. The van der Waals surface area contributed by atoms with Crippen LogP contribution in [0.25, 0.3) is 0 Å². The van der Waals surface area contributed by atoms with Crippen LogP contribution in [0.15, 0.2) is 29.6 Å². The van der Waals surface area contributed by atoms with Crippen molar-refractivity contribution < 1.29 is 4.74 Å². The van der Waals surface area contributed by atoms with Gasteiger partial charge in [0.1, 0.15) is 5.75 Å². The van der Waals surface area contributed by atoms with Gasteiger partial charge in [-0.25, -0.2) is 5.43 Å². The minimum atomic E-state index is -0.0941. The van der Waals surface area contributed by atoms with Crippen LogP contribution in [0.2, 0.25) is 5.02 Å². The minimum Gasteiger partial charge on any atom is -0.497 e. The van der Waals surface area contributed by atoms with Crippen LogP contribution in [-0.2, 0) is 0 Å². The van der Waals surface area contributed by atoms with Crippen molar-refractivity contribution >= 4 is 22.9 Å². The molecule has 5 heteroatoms. The summed E-state index contributed by atoms with van der Waals surface area (Å²) in [7, 11) is 1.66. The molecule has 1 atom stereocenters. The van der Waals surface area contributed by atoms with Crippen LogP contribution in [0.4, 0.5) is 0 Å². The van der Waals surface area contributed by atoms with Crippen molar-refractivity contribution in [2.24, 2.45) is 5.84 Å². The number of nitrogens with two attached hydrogens (primary N) is 1. The molecule has 96 valence electrons. The molecule has 3 nitrogen and oxygen atoms in total. The second kappa shape index (κ2) is 5.71. The third kappa shape index (κ3) is 2.52. The highest BCUT2D eigenvalue weighted by Gasteiger charge is 2.18. The first kappa shape index (κ1) is 13.4. The minimum absolute atomic E-state index is 0.0941. The molecular weight excluding hydrogens is 268 g/mol. The molecule has 2 rings (SSSR count). The maximum absolute atomic E-state index is 6.16. The molecular formula is C13H15ClN2OS. The van der Waals surface area contributed by atoms with Gasteiger partial charge < -0.3 is 4.74 Å². The summed E-state index contributed by atoms with van der Waals surface area (Å²) in [5, 5.41) is 2.69. The standard InChI is InChI=1S/C13H15ClN2OS/c1-8-7-9(17-2)3-4-10(8)12(16-15)13-11(14)5-6-18-13/h3-7,12,16H,15H2,1-2H3. The Morgan fingerprint density at radius 2 is 2.17 bits per heavy atom. The molecule has 0 bridgehead atoms. The molecule has 0 amide bonds. The number of thiophene rings is 1. The average Bonchev–Trinajstić information content (AvgIpc) is 2.78. The van der Waals surface area contributed by atoms with Gasteiger partial charge in [0, 0.05) is 4.88 Å². The first-order valence-corrected chi connectivity index (χ1v) is 6.76. The topological polar surface area (TPSA) is 47.3 Å². The molecule has 2 aromatic rings. The Hall–Kier alpha value is -1.07. The Kier molecular flexibility index (Phi) is 4.24. The smallest absolute Gasteiger partial charge is 0.119 e. The largest absolute Gasteiger partial charge is 0.497 e. The first-order valence-electron chi connectivity index (χ1n) is 5.51. The van der Waals surface area contributed by atoms with E-state index in [9.17, 15) is 0 Å². The lowest BCUT2D eigenvalue weighted by Crippen LogP contribution is -2.28. The number of hydrogen-bond acceptors (Lipinski definition) is 4. The van der Waals surface area contributed by atoms with Crippen LogP contribution in [0, 0.1) is 6.92 Å². The number of rotatable bonds is 4. The van der Waals surface area contributed by atoms with Crippen LogP contribution in [-0.4, -0.2) is 7.11 Å². The SMILES string of the molecule is COc1ccc(C(NN)c2sccc2Cl)c(C)c1. The lowest BCUT2D eigenvalue weighted by molar-refractivity contribution is 0.414. The monoisotopic (exact) mass is 282 g/mol. The number of methoxy groups -OCH3 is 1. The molecule has 3 N–H and O–H groups in total. The van der Waals surface area contributed by atoms with Gasteiger partial charge in [-0.1, -0.05) is 17.7 Å². The fourth-order valence-electron chi connectivity index (χ4n) is 1.92. The van der Waals surface area contributed by atoms with Crippen molar-refractivity contribution in [3.8, 4) is 5.75 Å². The number of nitrogens with one attached hydrogen (secondary N) is 1. The van der Waals surface area contributed by atoms with Crippen molar-refractivity contribution in [2.75, 3.05) is 7.11 Å². The maximum atomic E-state index is 6.16. The number of ether oxygens (including phenoxy) is 1. The van der Waals surface area contributed by atoms with E-state index in [1.54, 1.807) is 18.4 Å². The van der Waals surface area contributed by atoms with E-state index < -0.39 is 0 Å². The molecule has 1 aromatic carbocycles. The van der Waals surface area contributed by atoms with Gasteiger partial charge in [-0.2, -0.15) is 0 Å². The summed E-state index contributed by atoms with van der Waals surface area (Å²) < 4.78 is 5.20. The van der Waals surface area contributed by atoms with E-state index in [4.69, 9.17) is 22.2 Å². The second-order valence-corrected chi connectivity index (χ2v) is 5.31. The van der Waals surface area contributed by atoms with E-state index in [0.717, 1.165) is 26.8 Å².